The van der Waals surface area contributed by atoms with Crippen LogP contribution in [0.1, 0.15) is 28.3 Å². The Morgan fingerprint density at radius 1 is 0.897 bits per heavy atom. The predicted octanol–water partition coefficient (Wildman–Crippen LogP) is 6.77. The van der Waals surface area contributed by atoms with Crippen molar-refractivity contribution >= 4 is 33.2 Å². The molecule has 1 N–H and O–H groups in total. The molecule has 0 aliphatic rings. The van der Waals surface area contributed by atoms with E-state index >= 15 is 0 Å². The number of hydrogen-bond acceptors (Lipinski definition) is 3. The zero-order chi connectivity index (χ0) is 28.2. The number of anilines is 1. The third-order valence-electron chi connectivity index (χ3n) is 6.10. The van der Waals surface area contributed by atoms with Crippen molar-refractivity contribution < 1.29 is 26.4 Å². The van der Waals surface area contributed by atoms with Gasteiger partial charge in [-0.05, 0) is 53.9 Å². The number of aryl methyl sites for hydroxylation is 1. The molecular formula is C29H24ClF3N2O3S. The molecule has 0 spiro atoms. The smallest absolute Gasteiger partial charge is 0.344 e. The van der Waals surface area contributed by atoms with Crippen molar-refractivity contribution in [3.8, 4) is 0 Å². The second-order valence-corrected chi connectivity index (χ2v) is 11.0. The second-order valence-electron chi connectivity index (χ2n) is 8.75. The van der Waals surface area contributed by atoms with Crippen molar-refractivity contribution in [2.24, 2.45) is 0 Å². The monoisotopic (exact) mass is 572 g/mol. The predicted molar refractivity (Wildman–Crippen MR) is 145 cm³/mol. The highest BCUT2D eigenvalue weighted by Crippen LogP contribution is 2.38. The molecule has 0 fully saturated rings. The van der Waals surface area contributed by atoms with E-state index in [1.165, 1.54) is 24.3 Å². The maximum absolute atomic E-state index is 13.6. The van der Waals surface area contributed by atoms with Crippen molar-refractivity contribution in [1.82, 2.24) is 5.32 Å². The van der Waals surface area contributed by atoms with Crippen molar-refractivity contribution in [2.75, 3.05) is 10.8 Å². The Bertz CT molecular complexity index is 1560. The number of nitrogens with zero attached hydrogens (tertiary/aromatic N) is 1. The largest absolute Gasteiger partial charge is 0.417 e. The van der Waals surface area contributed by atoms with Crippen LogP contribution in [0.25, 0.3) is 0 Å². The summed E-state index contributed by atoms with van der Waals surface area (Å²) < 4.78 is 68.8. The van der Waals surface area contributed by atoms with Crippen LogP contribution in [0.2, 0.25) is 5.02 Å². The van der Waals surface area contributed by atoms with E-state index in [1.54, 1.807) is 6.07 Å². The molecule has 1 atom stereocenters. The number of amides is 1. The number of rotatable bonds is 8. The van der Waals surface area contributed by atoms with Crippen LogP contribution in [0.15, 0.2) is 108 Å². The normalized spacial score (nSPS) is 12.5. The molecule has 202 valence electrons. The van der Waals surface area contributed by atoms with Gasteiger partial charge in [-0.25, -0.2) is 8.42 Å². The molecule has 0 aliphatic carbocycles. The number of benzene rings is 4. The Labute approximate surface area is 229 Å². The summed E-state index contributed by atoms with van der Waals surface area (Å²) >= 11 is 5.77. The van der Waals surface area contributed by atoms with Crippen LogP contribution in [0.5, 0.6) is 0 Å². The van der Waals surface area contributed by atoms with Gasteiger partial charge in [-0.3, -0.25) is 9.10 Å². The molecule has 0 bridgehead atoms. The van der Waals surface area contributed by atoms with Crippen molar-refractivity contribution in [3.63, 3.8) is 0 Å². The quantitative estimate of drug-likeness (QED) is 0.253. The number of hydrogen-bond donors (Lipinski definition) is 1. The van der Waals surface area contributed by atoms with Gasteiger partial charge in [-0.2, -0.15) is 13.2 Å². The van der Waals surface area contributed by atoms with Gasteiger partial charge in [-0.1, -0.05) is 84.4 Å². The number of alkyl halides is 3. The van der Waals surface area contributed by atoms with Gasteiger partial charge in [0.2, 0.25) is 5.91 Å². The van der Waals surface area contributed by atoms with Gasteiger partial charge in [-0.15, -0.1) is 0 Å². The fraction of sp³-hybridized carbons (Fsp3) is 0.138. The summed E-state index contributed by atoms with van der Waals surface area (Å²) in [5.41, 5.74) is 0.882. The van der Waals surface area contributed by atoms with Crippen LogP contribution in [-0.2, 0) is 21.0 Å². The van der Waals surface area contributed by atoms with Crippen LogP contribution in [0.3, 0.4) is 0 Å². The Morgan fingerprint density at radius 2 is 1.49 bits per heavy atom. The van der Waals surface area contributed by atoms with Crippen LogP contribution in [0, 0.1) is 6.92 Å². The Kier molecular flexibility index (Phi) is 8.32. The minimum Gasteiger partial charge on any atom is -0.344 e. The number of carbonyl (C=O) groups excluding carboxylic acids is 1. The lowest BCUT2D eigenvalue weighted by molar-refractivity contribution is -0.137. The van der Waals surface area contributed by atoms with Gasteiger partial charge < -0.3 is 5.32 Å². The molecule has 1 amide bonds. The molecule has 4 aromatic rings. The molecule has 4 aromatic carbocycles. The van der Waals surface area contributed by atoms with Gasteiger partial charge in [0.15, 0.2) is 0 Å². The fourth-order valence-electron chi connectivity index (χ4n) is 4.15. The summed E-state index contributed by atoms with van der Waals surface area (Å²) in [5, 5.41) is 2.29. The lowest BCUT2D eigenvalue weighted by Gasteiger charge is -2.27. The Hall–Kier alpha value is -3.82. The molecule has 0 aliphatic heterocycles. The molecule has 10 heteroatoms. The van der Waals surface area contributed by atoms with Crippen LogP contribution < -0.4 is 9.62 Å². The van der Waals surface area contributed by atoms with Gasteiger partial charge in [0.05, 0.1) is 27.2 Å². The number of nitrogens with one attached hydrogen (secondary N) is 1. The van der Waals surface area contributed by atoms with Crippen LogP contribution >= 0.6 is 11.6 Å². The number of halogens is 4. The standard InChI is InChI=1S/C29H24ClF3N2O3S/c1-20-10-8-9-15-24(20)28(21-11-4-2-5-12-21)34-27(36)19-35(39(37,38)23-13-6-3-7-14-23)22-16-17-26(30)25(18-22)29(31,32)33/h2-18,28H,19H2,1H3,(H,34,36)/t28-/m0/s1. The third kappa shape index (κ3) is 6.43. The first-order valence-corrected chi connectivity index (χ1v) is 13.6. The molecule has 0 heterocycles. The van der Waals surface area contributed by atoms with Gasteiger partial charge in [0.25, 0.3) is 10.0 Å². The van der Waals surface area contributed by atoms with Gasteiger partial charge in [0.1, 0.15) is 6.54 Å². The molecule has 0 saturated heterocycles. The maximum atomic E-state index is 13.6. The summed E-state index contributed by atoms with van der Waals surface area (Å²) in [6.45, 7) is 1.11. The molecule has 0 radical (unpaired) electrons. The first-order chi connectivity index (χ1) is 18.5. The van der Waals surface area contributed by atoms with Crippen molar-refractivity contribution in [2.45, 2.75) is 24.0 Å². The van der Waals surface area contributed by atoms with E-state index in [0.29, 0.717) is 10.4 Å². The summed E-state index contributed by atoms with van der Waals surface area (Å²) in [4.78, 5) is 13.3. The first kappa shape index (κ1) is 28.2. The fourth-order valence-corrected chi connectivity index (χ4v) is 5.81. The van der Waals surface area contributed by atoms with E-state index in [-0.39, 0.29) is 10.6 Å². The van der Waals surface area contributed by atoms with Gasteiger partial charge in [0, 0.05) is 0 Å². The second kappa shape index (κ2) is 11.5. The Morgan fingerprint density at radius 3 is 2.10 bits per heavy atom. The lowest BCUT2D eigenvalue weighted by Crippen LogP contribution is -2.42. The SMILES string of the molecule is Cc1ccccc1[C@@H](NC(=O)CN(c1ccc(Cl)c(C(F)(F)F)c1)S(=O)(=O)c1ccccc1)c1ccccc1. The summed E-state index contributed by atoms with van der Waals surface area (Å²) in [6, 6.07) is 25.8. The van der Waals surface area contributed by atoms with E-state index in [9.17, 15) is 26.4 Å². The van der Waals surface area contributed by atoms with E-state index in [1.807, 2.05) is 61.5 Å². The summed E-state index contributed by atoms with van der Waals surface area (Å²) in [7, 11) is -4.44. The van der Waals surface area contributed by atoms with Crippen LogP contribution in [-0.4, -0.2) is 20.9 Å². The molecule has 39 heavy (non-hydrogen) atoms. The van der Waals surface area contributed by atoms with E-state index in [2.05, 4.69) is 5.32 Å². The molecule has 0 saturated carbocycles. The zero-order valence-electron chi connectivity index (χ0n) is 20.7. The number of sulfonamides is 1. The molecule has 5 nitrogen and oxygen atoms in total. The number of carbonyl (C=O) groups is 1. The summed E-state index contributed by atoms with van der Waals surface area (Å²) in [5.74, 6) is -0.713. The van der Waals surface area contributed by atoms with Crippen molar-refractivity contribution in [3.05, 3.63) is 130 Å². The highest BCUT2D eigenvalue weighted by molar-refractivity contribution is 7.92. The van der Waals surface area contributed by atoms with E-state index in [4.69, 9.17) is 11.6 Å². The molecule has 0 unspecified atom stereocenters. The molecule has 0 aromatic heterocycles. The van der Waals surface area contributed by atoms with E-state index in [0.717, 1.165) is 28.8 Å². The average molecular weight is 573 g/mol. The van der Waals surface area contributed by atoms with Crippen molar-refractivity contribution in [1.29, 1.82) is 0 Å². The van der Waals surface area contributed by atoms with E-state index < -0.39 is 45.3 Å². The first-order valence-electron chi connectivity index (χ1n) is 11.8. The Balaban J connectivity index is 1.76. The molecule has 4 rings (SSSR count). The highest BCUT2D eigenvalue weighted by atomic mass is 35.5. The highest BCUT2D eigenvalue weighted by Gasteiger charge is 2.36. The minimum absolute atomic E-state index is 0.181. The van der Waals surface area contributed by atoms with Crippen LogP contribution in [0.4, 0.5) is 18.9 Å². The summed E-state index contributed by atoms with van der Waals surface area (Å²) in [6.07, 6.45) is -4.83. The van der Waals surface area contributed by atoms with Gasteiger partial charge >= 0.3 is 6.18 Å². The third-order valence-corrected chi connectivity index (χ3v) is 8.22. The minimum atomic E-state index is -4.83. The average Bonchev–Trinajstić information content (AvgIpc) is 2.91. The topological polar surface area (TPSA) is 66.5 Å². The molecular weight excluding hydrogens is 549 g/mol. The maximum Gasteiger partial charge on any atom is 0.417 e. The lowest BCUT2D eigenvalue weighted by atomic mass is 9.95. The zero-order valence-corrected chi connectivity index (χ0v) is 22.3.